The first-order chi connectivity index (χ1) is 6.56. The molecule has 76 valence electrons. The topological polar surface area (TPSA) is 38.0 Å². The molecule has 1 aromatic rings. The minimum atomic E-state index is -0.365. The smallest absolute Gasteiger partial charge is 0.124 e. The Morgan fingerprint density at radius 2 is 2.29 bits per heavy atom. The summed E-state index contributed by atoms with van der Waals surface area (Å²) in [6.07, 6.45) is 0. The van der Waals surface area contributed by atoms with Gasteiger partial charge in [-0.3, -0.25) is 5.84 Å². The van der Waals surface area contributed by atoms with Crippen molar-refractivity contribution in [3.05, 3.63) is 46.8 Å². The van der Waals surface area contributed by atoms with Crippen LogP contribution in [0.1, 0.15) is 18.5 Å². The molecule has 0 radical (unpaired) electrons. The van der Waals surface area contributed by atoms with Gasteiger partial charge in [-0.25, -0.2) is 9.82 Å². The molecule has 1 rings (SSSR count). The summed E-state index contributed by atoms with van der Waals surface area (Å²) < 4.78 is 12.8. The van der Waals surface area contributed by atoms with Gasteiger partial charge in [0, 0.05) is 5.02 Å². The zero-order valence-electron chi connectivity index (χ0n) is 7.85. The zero-order valence-corrected chi connectivity index (χ0v) is 8.61. The maximum absolute atomic E-state index is 12.8. The van der Waals surface area contributed by atoms with Crippen LogP contribution < -0.4 is 11.3 Å². The molecule has 4 heteroatoms. The molecule has 0 aliphatic carbocycles. The Labute approximate surface area is 87.5 Å². The van der Waals surface area contributed by atoms with Crippen molar-refractivity contribution in [3.63, 3.8) is 0 Å². The normalized spacial score (nSPS) is 12.6. The summed E-state index contributed by atoms with van der Waals surface area (Å²) in [6, 6.07) is 3.94. The molecule has 0 fully saturated rings. The van der Waals surface area contributed by atoms with Gasteiger partial charge in [0.1, 0.15) is 5.82 Å². The first kappa shape index (κ1) is 11.2. The number of hydrazine groups is 1. The maximum atomic E-state index is 12.8. The molecule has 0 aliphatic rings. The van der Waals surface area contributed by atoms with E-state index in [9.17, 15) is 4.39 Å². The highest BCUT2D eigenvalue weighted by molar-refractivity contribution is 6.31. The van der Waals surface area contributed by atoms with Crippen LogP contribution in [-0.2, 0) is 0 Å². The highest BCUT2D eigenvalue weighted by Crippen LogP contribution is 2.27. The van der Waals surface area contributed by atoms with Crippen LogP contribution in [0.25, 0.3) is 0 Å². The first-order valence-corrected chi connectivity index (χ1v) is 4.50. The highest BCUT2D eigenvalue weighted by atomic mass is 35.5. The second kappa shape index (κ2) is 4.55. The largest absolute Gasteiger partial charge is 0.271 e. The van der Waals surface area contributed by atoms with E-state index in [0.29, 0.717) is 5.02 Å². The number of nitrogens with one attached hydrogen (secondary N) is 1. The van der Waals surface area contributed by atoms with Gasteiger partial charge in [0.2, 0.25) is 0 Å². The van der Waals surface area contributed by atoms with Crippen molar-refractivity contribution in [3.8, 4) is 0 Å². The third-order valence-corrected chi connectivity index (χ3v) is 2.26. The van der Waals surface area contributed by atoms with Crippen molar-refractivity contribution in [1.29, 1.82) is 0 Å². The molecule has 2 nitrogen and oxygen atoms in total. The Hall–Kier alpha value is -0.900. The molecule has 1 unspecified atom stereocenters. The Morgan fingerprint density at radius 3 is 2.71 bits per heavy atom. The number of rotatable bonds is 3. The summed E-state index contributed by atoms with van der Waals surface area (Å²) in [5.41, 5.74) is 4.12. The van der Waals surface area contributed by atoms with Gasteiger partial charge in [0.05, 0.1) is 6.04 Å². The molecular weight excluding hydrogens is 203 g/mol. The van der Waals surface area contributed by atoms with E-state index in [-0.39, 0.29) is 11.9 Å². The maximum Gasteiger partial charge on any atom is 0.124 e. The molecule has 0 saturated heterocycles. The molecule has 0 bridgehead atoms. The Kier molecular flexibility index (Phi) is 3.63. The van der Waals surface area contributed by atoms with Gasteiger partial charge in [-0.1, -0.05) is 29.8 Å². The van der Waals surface area contributed by atoms with Crippen molar-refractivity contribution >= 4 is 11.6 Å². The van der Waals surface area contributed by atoms with Crippen LogP contribution in [-0.4, -0.2) is 0 Å². The van der Waals surface area contributed by atoms with Gasteiger partial charge in [-0.05, 0) is 24.6 Å². The number of halogens is 2. The van der Waals surface area contributed by atoms with Crippen molar-refractivity contribution < 1.29 is 4.39 Å². The summed E-state index contributed by atoms with van der Waals surface area (Å²) in [5, 5.41) is 0.343. The summed E-state index contributed by atoms with van der Waals surface area (Å²) in [6.45, 7) is 5.59. The molecule has 1 atom stereocenters. The lowest BCUT2D eigenvalue weighted by atomic mass is 10.0. The Balaban J connectivity index is 3.10. The van der Waals surface area contributed by atoms with E-state index in [2.05, 4.69) is 12.0 Å². The number of hydrogen-bond donors (Lipinski definition) is 2. The molecule has 14 heavy (non-hydrogen) atoms. The fraction of sp³-hybridized carbons (Fsp3) is 0.200. The Morgan fingerprint density at radius 1 is 1.64 bits per heavy atom. The van der Waals surface area contributed by atoms with Crippen LogP contribution >= 0.6 is 11.6 Å². The highest BCUT2D eigenvalue weighted by Gasteiger charge is 2.13. The molecule has 0 spiro atoms. The molecule has 0 heterocycles. The van der Waals surface area contributed by atoms with E-state index in [4.69, 9.17) is 17.4 Å². The molecule has 0 aromatic heterocycles. The van der Waals surface area contributed by atoms with Crippen molar-refractivity contribution in [2.75, 3.05) is 0 Å². The van der Waals surface area contributed by atoms with Gasteiger partial charge in [0.25, 0.3) is 0 Å². The van der Waals surface area contributed by atoms with Gasteiger partial charge in [-0.15, -0.1) is 0 Å². The first-order valence-electron chi connectivity index (χ1n) is 4.12. The van der Waals surface area contributed by atoms with E-state index in [0.717, 1.165) is 11.1 Å². The van der Waals surface area contributed by atoms with E-state index in [1.807, 2.05) is 6.92 Å². The quantitative estimate of drug-likeness (QED) is 0.461. The monoisotopic (exact) mass is 214 g/mol. The van der Waals surface area contributed by atoms with Gasteiger partial charge < -0.3 is 0 Å². The zero-order chi connectivity index (χ0) is 10.7. The third-order valence-electron chi connectivity index (χ3n) is 1.93. The minimum absolute atomic E-state index is 0.247. The van der Waals surface area contributed by atoms with Crippen LogP contribution in [0.3, 0.4) is 0 Å². The second-order valence-electron chi connectivity index (χ2n) is 3.11. The van der Waals surface area contributed by atoms with Crippen LogP contribution in [0.5, 0.6) is 0 Å². The lowest BCUT2D eigenvalue weighted by Crippen LogP contribution is -2.28. The van der Waals surface area contributed by atoms with Crippen molar-refractivity contribution in [2.45, 2.75) is 13.0 Å². The van der Waals surface area contributed by atoms with Crippen LogP contribution in [0.2, 0.25) is 5.02 Å². The predicted octanol–water partition coefficient (Wildman–Crippen LogP) is 2.56. The van der Waals surface area contributed by atoms with Crippen molar-refractivity contribution in [2.24, 2.45) is 5.84 Å². The van der Waals surface area contributed by atoms with Crippen LogP contribution in [0, 0.1) is 5.82 Å². The SMILES string of the molecule is C=C(C)C(NN)c1ccc(F)cc1Cl. The van der Waals surface area contributed by atoms with E-state index >= 15 is 0 Å². The summed E-state index contributed by atoms with van der Waals surface area (Å²) in [4.78, 5) is 0. The summed E-state index contributed by atoms with van der Waals surface area (Å²) >= 11 is 5.87. The molecule has 0 amide bonds. The number of hydrogen-bond acceptors (Lipinski definition) is 2. The number of nitrogens with two attached hydrogens (primary N) is 1. The Bertz CT molecular complexity index is 352. The average Bonchev–Trinajstić information content (AvgIpc) is 2.09. The lowest BCUT2D eigenvalue weighted by Gasteiger charge is -2.17. The molecular formula is C10H12ClFN2. The minimum Gasteiger partial charge on any atom is -0.271 e. The van der Waals surface area contributed by atoms with Crippen LogP contribution in [0.4, 0.5) is 4.39 Å². The molecule has 0 saturated carbocycles. The van der Waals surface area contributed by atoms with Gasteiger partial charge >= 0.3 is 0 Å². The van der Waals surface area contributed by atoms with Gasteiger partial charge in [0.15, 0.2) is 0 Å². The summed E-state index contributed by atoms with van der Waals surface area (Å²) in [7, 11) is 0. The van der Waals surface area contributed by atoms with Crippen LogP contribution in [0.15, 0.2) is 30.4 Å². The van der Waals surface area contributed by atoms with E-state index < -0.39 is 0 Å². The number of benzene rings is 1. The summed E-state index contributed by atoms with van der Waals surface area (Å²) in [5.74, 6) is 4.98. The fourth-order valence-corrected chi connectivity index (χ4v) is 1.51. The third kappa shape index (κ3) is 2.32. The second-order valence-corrected chi connectivity index (χ2v) is 3.52. The average molecular weight is 215 g/mol. The molecule has 0 aliphatic heterocycles. The van der Waals surface area contributed by atoms with E-state index in [1.165, 1.54) is 12.1 Å². The molecule has 3 N–H and O–H groups in total. The molecule has 1 aromatic carbocycles. The van der Waals surface area contributed by atoms with Crippen molar-refractivity contribution in [1.82, 2.24) is 5.43 Å². The van der Waals surface area contributed by atoms with E-state index in [1.54, 1.807) is 6.07 Å². The predicted molar refractivity (Wildman–Crippen MR) is 56.3 cm³/mol. The lowest BCUT2D eigenvalue weighted by molar-refractivity contribution is 0.611. The van der Waals surface area contributed by atoms with Gasteiger partial charge in [-0.2, -0.15) is 0 Å². The standard InChI is InChI=1S/C10H12ClFN2/c1-6(2)10(14-13)8-4-3-7(12)5-9(8)11/h3-5,10,14H,1,13H2,2H3. The fourth-order valence-electron chi connectivity index (χ4n) is 1.23.